The zero-order valence-electron chi connectivity index (χ0n) is 10.9. The first kappa shape index (κ1) is 13.7. The van der Waals surface area contributed by atoms with E-state index in [0.717, 1.165) is 25.7 Å². The summed E-state index contributed by atoms with van der Waals surface area (Å²) < 4.78 is 0. The first-order chi connectivity index (χ1) is 7.38. The molecule has 2 heteroatoms. The molecule has 0 bridgehead atoms. The van der Waals surface area contributed by atoms with Crippen molar-refractivity contribution in [1.82, 2.24) is 0 Å². The summed E-state index contributed by atoms with van der Waals surface area (Å²) in [5.74, 6) is 0.340. The summed E-state index contributed by atoms with van der Waals surface area (Å²) in [7, 11) is 0. The van der Waals surface area contributed by atoms with Crippen LogP contribution in [0, 0.1) is 16.7 Å². The first-order valence-corrected chi connectivity index (χ1v) is 6.28. The van der Waals surface area contributed by atoms with Crippen molar-refractivity contribution in [1.29, 1.82) is 0 Å². The topological polar surface area (TPSA) is 40.5 Å². The van der Waals surface area contributed by atoms with Gasteiger partial charge in [-0.05, 0) is 37.0 Å². The lowest BCUT2D eigenvalue weighted by Crippen LogP contribution is -2.36. The van der Waals surface area contributed by atoms with Crippen LogP contribution < -0.4 is 0 Å². The third-order valence-corrected chi connectivity index (χ3v) is 4.29. The highest BCUT2D eigenvalue weighted by Gasteiger charge is 2.51. The third-order valence-electron chi connectivity index (χ3n) is 4.29. The molecule has 1 rings (SSSR count). The monoisotopic (exact) mass is 226 g/mol. The van der Waals surface area contributed by atoms with Gasteiger partial charge in [-0.1, -0.05) is 26.8 Å². The van der Waals surface area contributed by atoms with Crippen LogP contribution in [0.3, 0.4) is 0 Å². The van der Waals surface area contributed by atoms with E-state index in [1.54, 1.807) is 0 Å². The molecule has 1 aliphatic carbocycles. The predicted molar refractivity (Wildman–Crippen MR) is 67.1 cm³/mol. The Labute approximate surface area is 99.4 Å². The van der Waals surface area contributed by atoms with Gasteiger partial charge in [-0.15, -0.1) is 6.58 Å². The molecule has 0 radical (unpaired) electrons. The lowest BCUT2D eigenvalue weighted by molar-refractivity contribution is 0.00438. The molecule has 0 aromatic rings. The van der Waals surface area contributed by atoms with E-state index >= 15 is 0 Å². The molecule has 0 saturated heterocycles. The Morgan fingerprint density at radius 2 is 2.12 bits per heavy atom. The number of aliphatic hydroxyl groups excluding tert-OH is 2. The molecule has 1 aliphatic rings. The summed E-state index contributed by atoms with van der Waals surface area (Å²) in [5, 5.41) is 19.5. The molecule has 94 valence electrons. The van der Waals surface area contributed by atoms with Gasteiger partial charge in [0, 0.05) is 12.0 Å². The molecule has 0 aromatic carbocycles. The molecule has 0 amide bonds. The third kappa shape index (κ3) is 2.49. The Kier molecular flexibility index (Phi) is 4.19. The average molecular weight is 226 g/mol. The fourth-order valence-corrected chi connectivity index (χ4v) is 3.47. The Balaban J connectivity index is 2.92. The fourth-order valence-electron chi connectivity index (χ4n) is 3.47. The van der Waals surface area contributed by atoms with E-state index in [4.69, 9.17) is 5.11 Å². The van der Waals surface area contributed by atoms with Crippen molar-refractivity contribution in [3.63, 3.8) is 0 Å². The molecule has 0 aromatic heterocycles. The highest BCUT2D eigenvalue weighted by molar-refractivity contribution is 5.04. The molecule has 16 heavy (non-hydrogen) atoms. The van der Waals surface area contributed by atoms with Gasteiger partial charge in [0.05, 0.1) is 6.10 Å². The second-order valence-corrected chi connectivity index (χ2v) is 6.20. The summed E-state index contributed by atoms with van der Waals surface area (Å²) in [6.07, 6.45) is 5.14. The minimum atomic E-state index is -0.262. The molecule has 1 saturated carbocycles. The SMILES string of the molecule is C=CC[C@]1([C@@H](C)CCO)CC(C)(C)C[C@H]1O. The number of aliphatic hydroxyl groups is 2. The van der Waals surface area contributed by atoms with E-state index in [1.165, 1.54) is 0 Å². The highest BCUT2D eigenvalue weighted by atomic mass is 16.3. The number of hydrogen-bond donors (Lipinski definition) is 2. The summed E-state index contributed by atoms with van der Waals surface area (Å²) in [6, 6.07) is 0. The fraction of sp³-hybridized carbons (Fsp3) is 0.857. The summed E-state index contributed by atoms with van der Waals surface area (Å²) in [4.78, 5) is 0. The van der Waals surface area contributed by atoms with Crippen LogP contribution in [0.15, 0.2) is 12.7 Å². The zero-order valence-corrected chi connectivity index (χ0v) is 10.9. The van der Waals surface area contributed by atoms with E-state index in [1.807, 2.05) is 6.08 Å². The van der Waals surface area contributed by atoms with Gasteiger partial charge in [0.2, 0.25) is 0 Å². The quantitative estimate of drug-likeness (QED) is 0.708. The normalized spacial score (nSPS) is 34.9. The maximum absolute atomic E-state index is 10.4. The van der Waals surface area contributed by atoms with Crippen LogP contribution in [-0.4, -0.2) is 22.9 Å². The molecule has 0 heterocycles. The van der Waals surface area contributed by atoms with Crippen LogP contribution in [0.2, 0.25) is 0 Å². The zero-order chi connectivity index (χ0) is 12.4. The summed E-state index contributed by atoms with van der Waals surface area (Å²) >= 11 is 0. The van der Waals surface area contributed by atoms with Crippen LogP contribution >= 0.6 is 0 Å². The second-order valence-electron chi connectivity index (χ2n) is 6.20. The van der Waals surface area contributed by atoms with Crippen molar-refractivity contribution in [2.24, 2.45) is 16.7 Å². The van der Waals surface area contributed by atoms with E-state index in [-0.39, 0.29) is 23.5 Å². The van der Waals surface area contributed by atoms with E-state index in [2.05, 4.69) is 27.4 Å². The standard InChI is InChI=1S/C14H26O2/c1-5-7-14(11(2)6-8-15)10-13(3,4)9-12(14)16/h5,11-12,15-16H,1,6-10H2,2-4H3/t11-,12+,14+/m0/s1. The van der Waals surface area contributed by atoms with Gasteiger partial charge in [0.25, 0.3) is 0 Å². The van der Waals surface area contributed by atoms with Crippen LogP contribution in [-0.2, 0) is 0 Å². The minimum Gasteiger partial charge on any atom is -0.396 e. The van der Waals surface area contributed by atoms with Gasteiger partial charge in [-0.2, -0.15) is 0 Å². The maximum Gasteiger partial charge on any atom is 0.0607 e. The van der Waals surface area contributed by atoms with Gasteiger partial charge in [-0.25, -0.2) is 0 Å². The summed E-state index contributed by atoms with van der Waals surface area (Å²) in [5.41, 5.74) is 0.125. The second kappa shape index (κ2) is 4.89. The Hall–Kier alpha value is -0.340. The van der Waals surface area contributed by atoms with E-state index < -0.39 is 0 Å². The predicted octanol–water partition coefficient (Wildman–Crippen LogP) is 2.75. The van der Waals surface area contributed by atoms with Crippen LogP contribution in [0.5, 0.6) is 0 Å². The number of hydrogen-bond acceptors (Lipinski definition) is 2. The van der Waals surface area contributed by atoms with Crippen molar-refractivity contribution < 1.29 is 10.2 Å². The van der Waals surface area contributed by atoms with Gasteiger partial charge < -0.3 is 10.2 Å². The molecule has 0 spiro atoms. The minimum absolute atomic E-state index is 0.0754. The van der Waals surface area contributed by atoms with Gasteiger partial charge in [0.15, 0.2) is 0 Å². The molecule has 0 unspecified atom stereocenters. The van der Waals surface area contributed by atoms with Gasteiger partial charge >= 0.3 is 0 Å². The van der Waals surface area contributed by atoms with Crippen LogP contribution in [0.4, 0.5) is 0 Å². The molecule has 3 atom stereocenters. The van der Waals surface area contributed by atoms with Crippen molar-refractivity contribution in [2.45, 2.75) is 52.6 Å². The Bertz CT molecular complexity index is 247. The lowest BCUT2D eigenvalue weighted by Gasteiger charge is -2.38. The maximum atomic E-state index is 10.4. The Morgan fingerprint density at radius 3 is 2.50 bits per heavy atom. The van der Waals surface area contributed by atoms with Crippen LogP contribution in [0.25, 0.3) is 0 Å². The lowest BCUT2D eigenvalue weighted by atomic mass is 9.68. The van der Waals surface area contributed by atoms with Crippen molar-refractivity contribution in [3.8, 4) is 0 Å². The van der Waals surface area contributed by atoms with E-state index in [0.29, 0.717) is 5.92 Å². The van der Waals surface area contributed by atoms with Gasteiger partial charge in [0.1, 0.15) is 0 Å². The molecular formula is C14H26O2. The van der Waals surface area contributed by atoms with Crippen molar-refractivity contribution in [2.75, 3.05) is 6.61 Å². The van der Waals surface area contributed by atoms with Crippen LogP contribution in [0.1, 0.15) is 46.5 Å². The Morgan fingerprint density at radius 1 is 1.50 bits per heavy atom. The molecule has 2 N–H and O–H groups in total. The first-order valence-electron chi connectivity index (χ1n) is 6.28. The summed E-state index contributed by atoms with van der Waals surface area (Å²) in [6.45, 7) is 10.6. The smallest absolute Gasteiger partial charge is 0.0607 e. The van der Waals surface area contributed by atoms with Crippen molar-refractivity contribution >= 4 is 0 Å². The molecule has 2 nitrogen and oxygen atoms in total. The molecule has 0 aliphatic heterocycles. The number of rotatable bonds is 5. The largest absolute Gasteiger partial charge is 0.396 e. The molecular weight excluding hydrogens is 200 g/mol. The van der Waals surface area contributed by atoms with Crippen molar-refractivity contribution in [3.05, 3.63) is 12.7 Å². The average Bonchev–Trinajstić information content (AvgIpc) is 2.38. The highest BCUT2D eigenvalue weighted by Crippen LogP contribution is 2.55. The molecule has 1 fully saturated rings. The van der Waals surface area contributed by atoms with Gasteiger partial charge in [-0.3, -0.25) is 0 Å². The van der Waals surface area contributed by atoms with E-state index in [9.17, 15) is 5.11 Å². The number of allylic oxidation sites excluding steroid dienone is 1.